The first-order valence-electron chi connectivity index (χ1n) is 18.9. The second-order valence-electron chi connectivity index (χ2n) is 15.2. The first-order valence-corrected chi connectivity index (χ1v) is 19.3. The summed E-state index contributed by atoms with van der Waals surface area (Å²) in [6.07, 6.45) is 6.25. The minimum Gasteiger partial charge on any atom is -0.365 e. The highest BCUT2D eigenvalue weighted by Crippen LogP contribution is 2.36. The number of hydrogen-bond acceptors (Lipinski definition) is 11. The third-order valence-corrected chi connectivity index (χ3v) is 11.4. The van der Waals surface area contributed by atoms with Gasteiger partial charge < -0.3 is 15.1 Å². The minimum absolute atomic E-state index is 0.00628. The van der Waals surface area contributed by atoms with Crippen LogP contribution < -0.4 is 26.0 Å². The van der Waals surface area contributed by atoms with Crippen LogP contribution in [0.15, 0.2) is 53.6 Å². The van der Waals surface area contributed by atoms with E-state index in [0.717, 1.165) is 85.5 Å². The number of aryl methyl sites for hydroxylation is 1. The fourth-order valence-corrected chi connectivity index (χ4v) is 8.61. The highest BCUT2D eigenvalue weighted by molar-refractivity contribution is 6.32. The number of benzene rings is 1. The molecule has 3 saturated heterocycles. The van der Waals surface area contributed by atoms with Gasteiger partial charge in [-0.1, -0.05) is 23.7 Å². The molecule has 3 aliphatic rings. The van der Waals surface area contributed by atoms with Crippen molar-refractivity contribution in [1.29, 1.82) is 0 Å². The van der Waals surface area contributed by atoms with Crippen molar-refractivity contribution in [3.63, 3.8) is 0 Å². The molecule has 0 aliphatic carbocycles. The first kappa shape index (κ1) is 35.9. The number of nitrogens with zero attached hydrogens (tertiary/aromatic N) is 9. The molecule has 3 fully saturated rings. The van der Waals surface area contributed by atoms with Crippen LogP contribution in [0.5, 0.6) is 0 Å². The zero-order chi connectivity index (χ0) is 37.7. The molecule has 3 aliphatic heterocycles. The third-order valence-electron chi connectivity index (χ3n) is 11.2. The molecular weight excluding hydrogens is 706 g/mol. The quantitative estimate of drug-likeness (QED) is 0.207. The van der Waals surface area contributed by atoms with E-state index >= 15 is 0 Å². The van der Waals surface area contributed by atoms with Crippen LogP contribution in [0.3, 0.4) is 0 Å². The number of nitrogens with one attached hydrogen (secondary N) is 2. The van der Waals surface area contributed by atoms with Gasteiger partial charge in [0, 0.05) is 81.7 Å². The van der Waals surface area contributed by atoms with Gasteiger partial charge in [-0.15, -0.1) is 0 Å². The molecule has 1 aromatic carbocycles. The Morgan fingerprint density at radius 2 is 1.81 bits per heavy atom. The van der Waals surface area contributed by atoms with Crippen LogP contribution in [0.25, 0.3) is 21.9 Å². The Morgan fingerprint density at radius 1 is 1.00 bits per heavy atom. The van der Waals surface area contributed by atoms with Crippen molar-refractivity contribution in [2.24, 2.45) is 13.0 Å². The van der Waals surface area contributed by atoms with E-state index in [4.69, 9.17) is 21.7 Å². The van der Waals surface area contributed by atoms with Gasteiger partial charge in [-0.05, 0) is 64.2 Å². The van der Waals surface area contributed by atoms with Crippen LogP contribution in [0.4, 0.5) is 23.1 Å². The number of carbonyl (C=O) groups is 2. The Morgan fingerprint density at radius 3 is 2.57 bits per heavy atom. The SMILES string of the molecule is CC(C)n1c(=O)ccc2cc(Nc3nc(N4CCC(CN5CCN(c6cccc7c(C8CCC(=O)NC8=O)nn(C)c67)[C@H](C)C5)CC4)ncc3Cl)cnc21. The number of carbonyl (C=O) groups excluding carboxylic acids is 2. The van der Waals surface area contributed by atoms with Gasteiger partial charge in [0.05, 0.1) is 40.9 Å². The molecule has 2 atom stereocenters. The predicted molar refractivity (Wildman–Crippen MR) is 211 cm³/mol. The number of fused-ring (bicyclic) bond motifs is 2. The van der Waals surface area contributed by atoms with Gasteiger partial charge in [0.15, 0.2) is 5.82 Å². The molecule has 2 N–H and O–H groups in total. The predicted octanol–water partition coefficient (Wildman–Crippen LogP) is 5.00. The number of pyridine rings is 2. The van der Waals surface area contributed by atoms with Gasteiger partial charge in [-0.25, -0.2) is 9.97 Å². The van der Waals surface area contributed by atoms with Gasteiger partial charge >= 0.3 is 0 Å². The molecular formula is C39H46ClN11O3. The van der Waals surface area contributed by atoms with Crippen molar-refractivity contribution in [2.75, 3.05) is 54.4 Å². The van der Waals surface area contributed by atoms with E-state index in [1.54, 1.807) is 29.1 Å². The fraction of sp³-hybridized carbons (Fsp3) is 0.462. The van der Waals surface area contributed by atoms with E-state index in [1.165, 1.54) is 0 Å². The molecule has 0 saturated carbocycles. The zero-order valence-corrected chi connectivity index (χ0v) is 31.9. The van der Waals surface area contributed by atoms with Crippen molar-refractivity contribution in [1.82, 2.24) is 39.5 Å². The molecule has 8 rings (SSSR count). The zero-order valence-electron chi connectivity index (χ0n) is 31.1. The standard InChI is InChI=1S/C39H46ClN11O3/c1-23(2)51-33(53)11-8-26-18-27(19-41-37(26)51)43-36-30(40)20-42-39(45-36)49-14-12-25(13-15-49)22-48-16-17-50(24(3)21-48)31-7-5-6-28-34(46-47(4)35(28)31)29-9-10-32(52)44-38(29)54/h5-8,11,18-20,23-25,29H,9-10,12-17,21-22H2,1-4H3,(H,42,43,45)(H,44,52,54)/t24-,29?/m1/s1. The number of piperazine rings is 1. The number of aromatic nitrogens is 6. The molecule has 15 heteroatoms. The van der Waals surface area contributed by atoms with Gasteiger partial charge in [-0.2, -0.15) is 10.1 Å². The van der Waals surface area contributed by atoms with Crippen LogP contribution in [0.1, 0.15) is 64.1 Å². The monoisotopic (exact) mass is 751 g/mol. The number of hydrogen-bond donors (Lipinski definition) is 2. The molecule has 5 aromatic rings. The highest BCUT2D eigenvalue weighted by atomic mass is 35.5. The first-order chi connectivity index (χ1) is 26.0. The van der Waals surface area contributed by atoms with Crippen LogP contribution in [-0.4, -0.2) is 91.3 Å². The number of amides is 2. The van der Waals surface area contributed by atoms with Crippen LogP contribution in [0.2, 0.25) is 5.02 Å². The fourth-order valence-electron chi connectivity index (χ4n) is 8.47. The maximum absolute atomic E-state index is 12.7. The molecule has 7 heterocycles. The van der Waals surface area contributed by atoms with Gasteiger partial charge in [0.1, 0.15) is 10.7 Å². The Labute approximate surface area is 318 Å². The summed E-state index contributed by atoms with van der Waals surface area (Å²) in [7, 11) is 1.94. The molecule has 0 spiro atoms. The molecule has 2 amide bonds. The largest absolute Gasteiger partial charge is 0.365 e. The third kappa shape index (κ3) is 6.88. The summed E-state index contributed by atoms with van der Waals surface area (Å²) in [6, 6.07) is 11.9. The summed E-state index contributed by atoms with van der Waals surface area (Å²) in [4.78, 5) is 58.2. The van der Waals surface area contributed by atoms with E-state index in [2.05, 4.69) is 54.4 Å². The topological polar surface area (TPSA) is 146 Å². The molecule has 1 unspecified atom stereocenters. The average Bonchev–Trinajstić information content (AvgIpc) is 3.49. The van der Waals surface area contributed by atoms with Gasteiger partial charge in [0.25, 0.3) is 5.56 Å². The lowest BCUT2D eigenvalue weighted by molar-refractivity contribution is -0.134. The van der Waals surface area contributed by atoms with E-state index in [1.807, 2.05) is 37.7 Å². The minimum atomic E-state index is -0.422. The lowest BCUT2D eigenvalue weighted by Gasteiger charge is -2.43. The van der Waals surface area contributed by atoms with E-state index < -0.39 is 5.92 Å². The van der Waals surface area contributed by atoms with Gasteiger partial charge in [-0.3, -0.25) is 33.8 Å². The van der Waals surface area contributed by atoms with Crippen LogP contribution in [0, 0.1) is 5.92 Å². The van der Waals surface area contributed by atoms with Crippen molar-refractivity contribution < 1.29 is 9.59 Å². The number of rotatable bonds is 8. The molecule has 54 heavy (non-hydrogen) atoms. The average molecular weight is 752 g/mol. The van der Waals surface area contributed by atoms with Crippen LogP contribution >= 0.6 is 11.6 Å². The Hall–Kier alpha value is -5.08. The Bertz CT molecular complexity index is 2300. The van der Waals surface area contributed by atoms with Crippen molar-refractivity contribution in [3.8, 4) is 0 Å². The van der Waals surface area contributed by atoms with E-state index in [0.29, 0.717) is 47.2 Å². The molecule has 282 valence electrons. The summed E-state index contributed by atoms with van der Waals surface area (Å²) in [5.41, 5.74) is 4.20. The molecule has 14 nitrogen and oxygen atoms in total. The normalized spacial score (nSPS) is 20.3. The maximum Gasteiger partial charge on any atom is 0.252 e. The number of piperidine rings is 2. The van der Waals surface area contributed by atoms with Crippen molar-refractivity contribution in [2.45, 2.75) is 64.5 Å². The van der Waals surface area contributed by atoms with Gasteiger partial charge in [0.2, 0.25) is 17.8 Å². The number of anilines is 4. The summed E-state index contributed by atoms with van der Waals surface area (Å²) in [6.45, 7) is 11.8. The van der Waals surface area contributed by atoms with E-state index in [-0.39, 0.29) is 23.4 Å². The summed E-state index contributed by atoms with van der Waals surface area (Å²) in [5, 5.41) is 12.9. The maximum atomic E-state index is 12.7. The smallest absolute Gasteiger partial charge is 0.252 e. The molecule has 4 aromatic heterocycles. The number of imide groups is 1. The van der Waals surface area contributed by atoms with E-state index in [9.17, 15) is 14.4 Å². The lowest BCUT2D eigenvalue weighted by Crippen LogP contribution is -2.53. The van der Waals surface area contributed by atoms with Crippen molar-refractivity contribution >= 4 is 68.5 Å². The second-order valence-corrected chi connectivity index (χ2v) is 15.6. The molecule has 0 radical (unpaired) electrons. The lowest BCUT2D eigenvalue weighted by atomic mass is 9.92. The van der Waals surface area contributed by atoms with Crippen molar-refractivity contribution in [3.05, 3.63) is 69.9 Å². The summed E-state index contributed by atoms with van der Waals surface area (Å²) < 4.78 is 3.58. The molecule has 0 bridgehead atoms. The van der Waals surface area contributed by atoms with Crippen LogP contribution in [-0.2, 0) is 16.6 Å². The number of para-hydroxylation sites is 1. The Balaban J connectivity index is 0.883. The summed E-state index contributed by atoms with van der Waals surface area (Å²) in [5.74, 6) is 0.842. The summed E-state index contributed by atoms with van der Waals surface area (Å²) >= 11 is 6.55. The highest BCUT2D eigenvalue weighted by Gasteiger charge is 2.34. The second kappa shape index (κ2) is 14.6. The Kier molecular flexibility index (Phi) is 9.73. The number of halogens is 1.